The Morgan fingerprint density at radius 2 is 2.06 bits per heavy atom. The molecule has 4 heteroatoms. The maximum Gasteiger partial charge on any atom is 0.130 e. The Morgan fingerprint density at radius 3 is 2.67 bits per heavy atom. The van der Waals surface area contributed by atoms with Crippen LogP contribution < -0.4 is 5.32 Å². The highest BCUT2D eigenvalue weighted by Crippen LogP contribution is 2.26. The Labute approximate surface area is 111 Å². The first kappa shape index (κ1) is 13.8. The SMILES string of the molecule is CC(NCC1CCCCS1)c1c(F)cccc1F. The lowest BCUT2D eigenvalue weighted by atomic mass is 10.1. The van der Waals surface area contributed by atoms with E-state index in [4.69, 9.17) is 0 Å². The van der Waals surface area contributed by atoms with E-state index in [1.807, 2.05) is 18.7 Å². The standard InChI is InChI=1S/C14H19F2NS/c1-10(14-12(15)6-4-7-13(14)16)17-9-11-5-2-3-8-18-11/h4,6-7,10-11,17H,2-3,5,8-9H2,1H3. The molecule has 2 atom stereocenters. The van der Waals surface area contributed by atoms with Gasteiger partial charge in [0.2, 0.25) is 0 Å². The van der Waals surface area contributed by atoms with Crippen molar-refractivity contribution < 1.29 is 8.78 Å². The maximum absolute atomic E-state index is 13.6. The van der Waals surface area contributed by atoms with Crippen LogP contribution in [0.15, 0.2) is 18.2 Å². The van der Waals surface area contributed by atoms with E-state index in [0.29, 0.717) is 5.25 Å². The minimum atomic E-state index is -0.466. The summed E-state index contributed by atoms with van der Waals surface area (Å²) in [7, 11) is 0. The quantitative estimate of drug-likeness (QED) is 0.891. The zero-order valence-corrected chi connectivity index (χ0v) is 11.4. The third-order valence-electron chi connectivity index (χ3n) is 3.36. The van der Waals surface area contributed by atoms with Crippen LogP contribution >= 0.6 is 11.8 Å². The second kappa shape index (κ2) is 6.53. The molecule has 1 aromatic carbocycles. The van der Waals surface area contributed by atoms with E-state index in [1.165, 1.54) is 43.2 Å². The van der Waals surface area contributed by atoms with Crippen LogP contribution in [0.4, 0.5) is 8.78 Å². The molecule has 18 heavy (non-hydrogen) atoms. The van der Waals surface area contributed by atoms with Crippen molar-refractivity contribution >= 4 is 11.8 Å². The lowest BCUT2D eigenvalue weighted by Gasteiger charge is -2.24. The van der Waals surface area contributed by atoms with Gasteiger partial charge in [-0.05, 0) is 37.7 Å². The van der Waals surface area contributed by atoms with Gasteiger partial charge in [0.25, 0.3) is 0 Å². The number of hydrogen-bond donors (Lipinski definition) is 1. The summed E-state index contributed by atoms with van der Waals surface area (Å²) < 4.78 is 27.2. The normalized spacial score (nSPS) is 21.8. The van der Waals surface area contributed by atoms with Crippen molar-refractivity contribution in [3.8, 4) is 0 Å². The summed E-state index contributed by atoms with van der Waals surface area (Å²) in [6.07, 6.45) is 3.75. The largest absolute Gasteiger partial charge is 0.309 e. The summed E-state index contributed by atoms with van der Waals surface area (Å²) >= 11 is 1.96. The predicted molar refractivity (Wildman–Crippen MR) is 72.9 cm³/mol. The molecule has 1 heterocycles. The van der Waals surface area contributed by atoms with Gasteiger partial charge in [-0.1, -0.05) is 12.5 Å². The molecule has 0 amide bonds. The molecule has 2 rings (SSSR count). The molecule has 0 spiro atoms. The Bertz CT molecular complexity index is 371. The fourth-order valence-electron chi connectivity index (χ4n) is 2.30. The fraction of sp³-hybridized carbons (Fsp3) is 0.571. The Morgan fingerprint density at radius 1 is 1.33 bits per heavy atom. The van der Waals surface area contributed by atoms with Crippen molar-refractivity contribution in [2.24, 2.45) is 0 Å². The Hall–Kier alpha value is -0.610. The minimum Gasteiger partial charge on any atom is -0.309 e. The van der Waals surface area contributed by atoms with Crippen LogP contribution in [-0.2, 0) is 0 Å². The second-order valence-corrected chi connectivity index (χ2v) is 6.16. The minimum absolute atomic E-state index is 0.151. The Kier molecular flexibility index (Phi) is 5.01. The zero-order valence-electron chi connectivity index (χ0n) is 10.6. The van der Waals surface area contributed by atoms with Crippen LogP contribution in [-0.4, -0.2) is 17.5 Å². The predicted octanol–water partition coefficient (Wildman–Crippen LogP) is 3.90. The van der Waals surface area contributed by atoms with Crippen molar-refractivity contribution in [2.45, 2.75) is 37.5 Å². The average Bonchev–Trinajstić information content (AvgIpc) is 2.37. The van der Waals surface area contributed by atoms with Crippen LogP contribution in [0.25, 0.3) is 0 Å². The first-order valence-electron chi connectivity index (χ1n) is 6.47. The number of halogens is 2. The van der Waals surface area contributed by atoms with E-state index in [2.05, 4.69) is 5.32 Å². The summed E-state index contributed by atoms with van der Waals surface area (Å²) in [5.74, 6) is 0.270. The number of rotatable bonds is 4. The van der Waals surface area contributed by atoms with Crippen LogP contribution in [0.1, 0.15) is 37.8 Å². The lowest BCUT2D eigenvalue weighted by molar-refractivity contribution is 0.479. The van der Waals surface area contributed by atoms with Gasteiger partial charge in [0.15, 0.2) is 0 Å². The summed E-state index contributed by atoms with van der Waals surface area (Å²) in [6.45, 7) is 2.63. The topological polar surface area (TPSA) is 12.0 Å². The molecular formula is C14H19F2NS. The molecular weight excluding hydrogens is 252 g/mol. The zero-order chi connectivity index (χ0) is 13.0. The second-order valence-electron chi connectivity index (χ2n) is 4.75. The van der Waals surface area contributed by atoms with Crippen LogP contribution in [0.2, 0.25) is 0 Å². The molecule has 0 radical (unpaired) electrons. The van der Waals surface area contributed by atoms with Gasteiger partial charge in [-0.15, -0.1) is 0 Å². The number of benzene rings is 1. The van der Waals surface area contributed by atoms with E-state index in [-0.39, 0.29) is 11.6 Å². The highest BCUT2D eigenvalue weighted by atomic mass is 32.2. The molecule has 1 aliphatic rings. The van der Waals surface area contributed by atoms with E-state index in [9.17, 15) is 8.78 Å². The van der Waals surface area contributed by atoms with Gasteiger partial charge in [-0.3, -0.25) is 0 Å². The van der Waals surface area contributed by atoms with Crippen molar-refractivity contribution in [3.05, 3.63) is 35.4 Å². The number of thioether (sulfide) groups is 1. The molecule has 0 bridgehead atoms. The highest BCUT2D eigenvalue weighted by Gasteiger charge is 2.18. The smallest absolute Gasteiger partial charge is 0.130 e. The van der Waals surface area contributed by atoms with E-state index >= 15 is 0 Å². The molecule has 100 valence electrons. The van der Waals surface area contributed by atoms with Gasteiger partial charge in [0.05, 0.1) is 0 Å². The number of nitrogens with one attached hydrogen (secondary N) is 1. The summed E-state index contributed by atoms with van der Waals surface area (Å²) in [5, 5.41) is 3.83. The molecule has 1 fully saturated rings. The van der Waals surface area contributed by atoms with Crippen molar-refractivity contribution in [3.63, 3.8) is 0 Å². The summed E-state index contributed by atoms with van der Waals surface area (Å²) in [6, 6.07) is 3.74. The third kappa shape index (κ3) is 3.45. The van der Waals surface area contributed by atoms with Gasteiger partial charge in [-0.25, -0.2) is 8.78 Å². The third-order valence-corrected chi connectivity index (χ3v) is 4.76. The van der Waals surface area contributed by atoms with Crippen LogP contribution in [0, 0.1) is 11.6 Å². The van der Waals surface area contributed by atoms with Gasteiger partial charge >= 0.3 is 0 Å². The number of hydrogen-bond acceptors (Lipinski definition) is 2. The van der Waals surface area contributed by atoms with Crippen molar-refractivity contribution in [1.29, 1.82) is 0 Å². The van der Waals surface area contributed by atoms with E-state index in [0.717, 1.165) is 6.54 Å². The van der Waals surface area contributed by atoms with E-state index in [1.54, 1.807) is 0 Å². The summed E-state index contributed by atoms with van der Waals surface area (Å²) in [4.78, 5) is 0. The monoisotopic (exact) mass is 271 g/mol. The molecule has 1 N–H and O–H groups in total. The van der Waals surface area contributed by atoms with Gasteiger partial charge in [0.1, 0.15) is 11.6 Å². The molecule has 1 nitrogen and oxygen atoms in total. The van der Waals surface area contributed by atoms with Gasteiger partial charge < -0.3 is 5.32 Å². The maximum atomic E-state index is 13.6. The Balaban J connectivity index is 1.92. The molecule has 1 aliphatic heterocycles. The first-order valence-corrected chi connectivity index (χ1v) is 7.52. The first-order chi connectivity index (χ1) is 8.68. The van der Waals surface area contributed by atoms with Crippen molar-refractivity contribution in [2.75, 3.05) is 12.3 Å². The highest BCUT2D eigenvalue weighted by molar-refractivity contribution is 7.99. The molecule has 0 saturated carbocycles. The van der Waals surface area contributed by atoms with Crippen LogP contribution in [0.3, 0.4) is 0 Å². The molecule has 0 aromatic heterocycles. The molecule has 0 aliphatic carbocycles. The van der Waals surface area contributed by atoms with Gasteiger partial charge in [-0.2, -0.15) is 11.8 Å². The van der Waals surface area contributed by atoms with Crippen molar-refractivity contribution in [1.82, 2.24) is 5.32 Å². The summed E-state index contributed by atoms with van der Waals surface area (Å²) in [5.41, 5.74) is 0.151. The lowest BCUT2D eigenvalue weighted by Crippen LogP contribution is -2.29. The molecule has 1 aromatic rings. The van der Waals surface area contributed by atoms with Crippen LogP contribution in [0.5, 0.6) is 0 Å². The average molecular weight is 271 g/mol. The van der Waals surface area contributed by atoms with E-state index < -0.39 is 11.6 Å². The molecule has 2 unspecified atom stereocenters. The van der Waals surface area contributed by atoms with Gasteiger partial charge in [0, 0.05) is 23.4 Å². The molecule has 1 saturated heterocycles. The fourth-order valence-corrected chi connectivity index (χ4v) is 3.55.